The molecule has 1 aliphatic rings. The molecular weight excluding hydrogens is 302 g/mol. The van der Waals surface area contributed by atoms with Gasteiger partial charge in [0, 0.05) is 4.88 Å². The SMILES string of the molecule is CCCOC(=O)Cn1nnc2sc3c(c2c1=O)CCC(C)C3. The van der Waals surface area contributed by atoms with Crippen LogP contribution in [-0.4, -0.2) is 27.6 Å². The molecule has 0 saturated heterocycles. The fourth-order valence-electron chi connectivity index (χ4n) is 2.78. The molecule has 2 aromatic rings. The molecule has 0 bridgehead atoms. The molecule has 0 spiro atoms. The van der Waals surface area contributed by atoms with Crippen molar-refractivity contribution in [1.82, 2.24) is 15.0 Å². The highest BCUT2D eigenvalue weighted by Crippen LogP contribution is 2.35. The van der Waals surface area contributed by atoms with Gasteiger partial charge < -0.3 is 4.74 Å². The van der Waals surface area contributed by atoms with E-state index in [1.54, 1.807) is 11.3 Å². The van der Waals surface area contributed by atoms with Crippen LogP contribution in [0.3, 0.4) is 0 Å². The Morgan fingerprint density at radius 1 is 1.50 bits per heavy atom. The molecule has 7 heteroatoms. The minimum absolute atomic E-state index is 0.178. The Morgan fingerprint density at radius 2 is 2.32 bits per heavy atom. The fourth-order valence-corrected chi connectivity index (χ4v) is 4.10. The van der Waals surface area contributed by atoms with Crippen LogP contribution in [-0.2, 0) is 28.9 Å². The molecule has 0 aliphatic heterocycles. The van der Waals surface area contributed by atoms with E-state index in [0.717, 1.165) is 35.9 Å². The number of ether oxygens (including phenoxy) is 1. The number of carbonyl (C=O) groups excluding carboxylic acids is 1. The predicted molar refractivity (Wildman–Crippen MR) is 84.1 cm³/mol. The average Bonchev–Trinajstić information content (AvgIpc) is 2.86. The third-order valence-electron chi connectivity index (χ3n) is 3.93. The molecule has 2 aromatic heterocycles. The molecule has 2 heterocycles. The lowest BCUT2D eigenvalue weighted by molar-refractivity contribution is -0.144. The van der Waals surface area contributed by atoms with E-state index in [1.165, 1.54) is 4.88 Å². The molecule has 118 valence electrons. The first kappa shape index (κ1) is 15.1. The first-order valence-electron chi connectivity index (χ1n) is 7.63. The van der Waals surface area contributed by atoms with Crippen LogP contribution in [0.2, 0.25) is 0 Å². The molecule has 0 saturated carbocycles. The second-order valence-electron chi connectivity index (χ2n) is 5.80. The van der Waals surface area contributed by atoms with Crippen LogP contribution >= 0.6 is 11.3 Å². The van der Waals surface area contributed by atoms with Crippen LogP contribution < -0.4 is 5.56 Å². The van der Waals surface area contributed by atoms with Crippen LogP contribution in [0.25, 0.3) is 10.2 Å². The van der Waals surface area contributed by atoms with Crippen molar-refractivity contribution in [2.24, 2.45) is 5.92 Å². The van der Waals surface area contributed by atoms with E-state index in [4.69, 9.17) is 4.74 Å². The summed E-state index contributed by atoms with van der Waals surface area (Å²) in [6.07, 6.45) is 3.73. The zero-order chi connectivity index (χ0) is 15.7. The lowest BCUT2D eigenvalue weighted by atomic mass is 9.89. The maximum atomic E-state index is 12.6. The second kappa shape index (κ2) is 6.16. The van der Waals surface area contributed by atoms with E-state index >= 15 is 0 Å². The first-order chi connectivity index (χ1) is 10.6. The van der Waals surface area contributed by atoms with Crippen molar-refractivity contribution < 1.29 is 9.53 Å². The van der Waals surface area contributed by atoms with Gasteiger partial charge in [-0.1, -0.05) is 19.1 Å². The number of rotatable bonds is 4. The highest BCUT2D eigenvalue weighted by atomic mass is 32.1. The fraction of sp³-hybridized carbons (Fsp3) is 0.600. The average molecular weight is 321 g/mol. The molecule has 1 atom stereocenters. The number of carbonyl (C=O) groups is 1. The van der Waals surface area contributed by atoms with Crippen LogP contribution in [0.5, 0.6) is 0 Å². The van der Waals surface area contributed by atoms with Crippen LogP contribution in [0.4, 0.5) is 0 Å². The van der Waals surface area contributed by atoms with Gasteiger partial charge in [0.15, 0.2) is 4.83 Å². The van der Waals surface area contributed by atoms with Gasteiger partial charge in [0.05, 0.1) is 12.0 Å². The number of aromatic nitrogens is 3. The molecule has 1 aliphatic carbocycles. The molecule has 0 amide bonds. The van der Waals surface area contributed by atoms with Gasteiger partial charge in [0.25, 0.3) is 5.56 Å². The summed E-state index contributed by atoms with van der Waals surface area (Å²) in [5.74, 6) is 0.190. The minimum atomic E-state index is -0.449. The Morgan fingerprint density at radius 3 is 3.09 bits per heavy atom. The standard InChI is InChI=1S/C15H19N3O3S/c1-3-6-21-12(19)8-18-15(20)13-10-5-4-9(2)7-11(10)22-14(13)16-17-18/h9H,3-8H2,1-2H3. The number of nitrogens with zero attached hydrogens (tertiary/aromatic N) is 3. The van der Waals surface area contributed by atoms with Crippen LogP contribution in [0, 0.1) is 5.92 Å². The van der Waals surface area contributed by atoms with E-state index in [-0.39, 0.29) is 12.1 Å². The van der Waals surface area contributed by atoms with E-state index in [9.17, 15) is 9.59 Å². The van der Waals surface area contributed by atoms with Gasteiger partial charge in [0.1, 0.15) is 6.54 Å². The number of thiophene rings is 1. The summed E-state index contributed by atoms with van der Waals surface area (Å²) >= 11 is 1.56. The predicted octanol–water partition coefficient (Wildman–Crippen LogP) is 1.93. The Balaban J connectivity index is 1.96. The van der Waals surface area contributed by atoms with Crippen molar-refractivity contribution in [1.29, 1.82) is 0 Å². The summed E-state index contributed by atoms with van der Waals surface area (Å²) in [5, 5.41) is 8.65. The van der Waals surface area contributed by atoms with Crippen LogP contribution in [0.15, 0.2) is 4.79 Å². The molecule has 0 aromatic carbocycles. The van der Waals surface area contributed by atoms with Gasteiger partial charge in [-0.15, -0.1) is 16.4 Å². The largest absolute Gasteiger partial charge is 0.464 e. The van der Waals surface area contributed by atoms with Gasteiger partial charge in [0.2, 0.25) is 0 Å². The van der Waals surface area contributed by atoms with Crippen molar-refractivity contribution in [3.8, 4) is 0 Å². The van der Waals surface area contributed by atoms with Gasteiger partial charge in [-0.3, -0.25) is 9.59 Å². The van der Waals surface area contributed by atoms with E-state index < -0.39 is 5.97 Å². The second-order valence-corrected chi connectivity index (χ2v) is 6.89. The Labute approximate surface area is 132 Å². The Hall–Kier alpha value is -1.76. The van der Waals surface area contributed by atoms with Gasteiger partial charge in [-0.05, 0) is 37.2 Å². The van der Waals surface area contributed by atoms with Gasteiger partial charge in [-0.25, -0.2) is 0 Å². The number of hydrogen-bond acceptors (Lipinski definition) is 6. The zero-order valence-corrected chi connectivity index (χ0v) is 13.6. The lowest BCUT2D eigenvalue weighted by Gasteiger charge is -2.17. The minimum Gasteiger partial charge on any atom is -0.464 e. The maximum Gasteiger partial charge on any atom is 0.327 e. The maximum absolute atomic E-state index is 12.6. The Bertz CT molecular complexity index is 765. The molecule has 0 radical (unpaired) electrons. The molecular formula is C15H19N3O3S. The lowest BCUT2D eigenvalue weighted by Crippen LogP contribution is -2.29. The number of hydrogen-bond donors (Lipinski definition) is 0. The number of esters is 1. The quantitative estimate of drug-likeness (QED) is 0.805. The molecule has 6 nitrogen and oxygen atoms in total. The summed E-state index contributed by atoms with van der Waals surface area (Å²) in [7, 11) is 0. The molecule has 0 fully saturated rings. The normalized spacial score (nSPS) is 17.5. The van der Waals surface area contributed by atoms with Crippen molar-refractivity contribution >= 4 is 27.5 Å². The van der Waals surface area contributed by atoms with Crippen molar-refractivity contribution in [3.63, 3.8) is 0 Å². The number of aryl methyl sites for hydroxylation is 1. The van der Waals surface area contributed by atoms with E-state index in [2.05, 4.69) is 17.2 Å². The highest BCUT2D eigenvalue weighted by Gasteiger charge is 2.24. The smallest absolute Gasteiger partial charge is 0.327 e. The topological polar surface area (TPSA) is 74.1 Å². The van der Waals surface area contributed by atoms with E-state index in [1.807, 2.05) is 6.92 Å². The monoisotopic (exact) mass is 321 g/mol. The highest BCUT2D eigenvalue weighted by molar-refractivity contribution is 7.18. The molecule has 1 unspecified atom stereocenters. The summed E-state index contributed by atoms with van der Waals surface area (Å²) in [6, 6.07) is 0. The van der Waals surface area contributed by atoms with E-state index in [0.29, 0.717) is 22.7 Å². The van der Waals surface area contributed by atoms with Crippen molar-refractivity contribution in [2.45, 2.75) is 46.1 Å². The zero-order valence-electron chi connectivity index (χ0n) is 12.8. The number of fused-ring (bicyclic) bond motifs is 3. The Kier molecular flexibility index (Phi) is 4.24. The summed E-state index contributed by atoms with van der Waals surface area (Å²) in [4.78, 5) is 26.2. The third kappa shape index (κ3) is 2.77. The van der Waals surface area contributed by atoms with Gasteiger partial charge in [-0.2, -0.15) is 4.68 Å². The summed E-state index contributed by atoms with van der Waals surface area (Å²) in [6.45, 7) is 4.32. The van der Waals surface area contributed by atoms with Crippen molar-refractivity contribution in [3.05, 3.63) is 20.8 Å². The molecule has 0 N–H and O–H groups in total. The van der Waals surface area contributed by atoms with Crippen LogP contribution in [0.1, 0.15) is 37.1 Å². The molecule has 22 heavy (non-hydrogen) atoms. The molecule has 3 rings (SSSR count). The summed E-state index contributed by atoms with van der Waals surface area (Å²) < 4.78 is 6.12. The summed E-state index contributed by atoms with van der Waals surface area (Å²) in [5.41, 5.74) is 0.874. The first-order valence-corrected chi connectivity index (χ1v) is 8.45. The third-order valence-corrected chi connectivity index (χ3v) is 5.07. The van der Waals surface area contributed by atoms with Crippen molar-refractivity contribution in [2.75, 3.05) is 6.61 Å². The van der Waals surface area contributed by atoms with Gasteiger partial charge >= 0.3 is 5.97 Å².